The van der Waals surface area contributed by atoms with E-state index in [0.717, 1.165) is 0 Å². The summed E-state index contributed by atoms with van der Waals surface area (Å²) in [6.07, 6.45) is 0.437. The summed E-state index contributed by atoms with van der Waals surface area (Å²) in [5.74, 6) is -1.52. The van der Waals surface area contributed by atoms with E-state index in [1.54, 1.807) is 43.2 Å². The molecular formula is C14H16N2O4. The Hall–Kier alpha value is -2.37. The first-order valence-corrected chi connectivity index (χ1v) is 6.40. The van der Waals surface area contributed by atoms with Gasteiger partial charge in [0.1, 0.15) is 0 Å². The largest absolute Gasteiger partial charge is 0.460 e. The van der Waals surface area contributed by atoms with Crippen LogP contribution in [0, 0.1) is 0 Å². The molecule has 1 fully saturated rings. The van der Waals surface area contributed by atoms with Crippen LogP contribution in [0.5, 0.6) is 0 Å². The van der Waals surface area contributed by atoms with Gasteiger partial charge in [0, 0.05) is 25.6 Å². The number of nitrogens with zero attached hydrogens (tertiary/aromatic N) is 2. The van der Waals surface area contributed by atoms with Gasteiger partial charge >= 0.3 is 5.97 Å². The molecule has 1 aromatic rings. The van der Waals surface area contributed by atoms with E-state index in [1.165, 1.54) is 5.01 Å². The molecule has 1 aliphatic rings. The molecule has 1 aromatic carbocycles. The standard InChI is InChI=1S/C14H16N2O4/c1-3-20-14(19)13(18)10-5-4-6-11(9-10)16-8-7-12(17)15(16)2/h4-6,9H,3,7-8H2,1-2H3. The molecule has 0 aromatic heterocycles. The molecule has 0 spiro atoms. The van der Waals surface area contributed by atoms with Crippen molar-refractivity contribution >= 4 is 23.3 Å². The Morgan fingerprint density at radius 1 is 1.35 bits per heavy atom. The molecule has 0 radical (unpaired) electrons. The molecule has 2 rings (SSSR count). The zero-order valence-electron chi connectivity index (χ0n) is 11.5. The molecule has 0 unspecified atom stereocenters. The van der Waals surface area contributed by atoms with Crippen LogP contribution in [0.15, 0.2) is 24.3 Å². The maximum absolute atomic E-state index is 11.9. The topological polar surface area (TPSA) is 66.9 Å². The maximum atomic E-state index is 11.9. The average molecular weight is 276 g/mol. The predicted molar refractivity (Wildman–Crippen MR) is 72.1 cm³/mol. The fraction of sp³-hybridized carbons (Fsp3) is 0.357. The van der Waals surface area contributed by atoms with E-state index in [0.29, 0.717) is 18.7 Å². The number of carbonyl (C=O) groups excluding carboxylic acids is 3. The van der Waals surface area contributed by atoms with Gasteiger partial charge in [0.25, 0.3) is 5.78 Å². The number of rotatable bonds is 4. The van der Waals surface area contributed by atoms with E-state index >= 15 is 0 Å². The smallest absolute Gasteiger partial charge is 0.379 e. The summed E-state index contributed by atoms with van der Waals surface area (Å²) in [5, 5.41) is 3.28. The normalized spacial score (nSPS) is 14.6. The Balaban J connectivity index is 2.22. The summed E-state index contributed by atoms with van der Waals surface area (Å²) in [6, 6.07) is 6.62. The second kappa shape index (κ2) is 5.73. The summed E-state index contributed by atoms with van der Waals surface area (Å²) in [5.41, 5.74) is 0.960. The number of hydrogen-bond acceptors (Lipinski definition) is 5. The Kier molecular flexibility index (Phi) is 4.02. The van der Waals surface area contributed by atoms with Crippen LogP contribution in [-0.2, 0) is 14.3 Å². The van der Waals surface area contributed by atoms with Crippen LogP contribution in [0.3, 0.4) is 0 Å². The van der Waals surface area contributed by atoms with Crippen LogP contribution < -0.4 is 5.01 Å². The molecule has 0 bridgehead atoms. The zero-order chi connectivity index (χ0) is 14.7. The molecule has 0 atom stereocenters. The van der Waals surface area contributed by atoms with Crippen molar-refractivity contribution in [3.8, 4) is 0 Å². The van der Waals surface area contributed by atoms with E-state index in [1.807, 2.05) is 0 Å². The van der Waals surface area contributed by atoms with Gasteiger partial charge in [-0.15, -0.1) is 0 Å². The van der Waals surface area contributed by atoms with Gasteiger partial charge in [-0.2, -0.15) is 0 Å². The van der Waals surface area contributed by atoms with Crippen molar-refractivity contribution in [2.24, 2.45) is 0 Å². The number of ether oxygens (including phenoxy) is 1. The highest BCUT2D eigenvalue weighted by molar-refractivity contribution is 6.40. The van der Waals surface area contributed by atoms with E-state index in [-0.39, 0.29) is 18.1 Å². The van der Waals surface area contributed by atoms with Crippen molar-refractivity contribution in [1.29, 1.82) is 0 Å². The molecule has 1 heterocycles. The molecule has 0 N–H and O–H groups in total. The maximum Gasteiger partial charge on any atom is 0.379 e. The Labute approximate surface area is 116 Å². The molecule has 106 valence electrons. The first kappa shape index (κ1) is 14.0. The van der Waals surface area contributed by atoms with Gasteiger partial charge in [-0.05, 0) is 19.1 Å². The first-order chi connectivity index (χ1) is 9.54. The van der Waals surface area contributed by atoms with Crippen LogP contribution in [0.1, 0.15) is 23.7 Å². The van der Waals surface area contributed by atoms with Crippen LogP contribution in [0.4, 0.5) is 5.69 Å². The number of hydrogen-bond donors (Lipinski definition) is 0. The molecular weight excluding hydrogens is 260 g/mol. The number of Topliss-reactive ketones (excluding diaryl/α,β-unsaturated/α-hetero) is 1. The highest BCUT2D eigenvalue weighted by Crippen LogP contribution is 2.22. The van der Waals surface area contributed by atoms with Gasteiger partial charge in [-0.25, -0.2) is 4.79 Å². The Morgan fingerprint density at radius 3 is 2.70 bits per heavy atom. The number of anilines is 1. The molecule has 1 saturated heterocycles. The minimum absolute atomic E-state index is 0.0205. The third-order valence-corrected chi connectivity index (χ3v) is 3.13. The highest BCUT2D eigenvalue weighted by Gasteiger charge is 2.26. The van der Waals surface area contributed by atoms with Crippen molar-refractivity contribution in [2.45, 2.75) is 13.3 Å². The fourth-order valence-electron chi connectivity index (χ4n) is 2.07. The van der Waals surface area contributed by atoms with E-state index in [4.69, 9.17) is 4.74 Å². The number of benzene rings is 1. The molecule has 0 aliphatic carbocycles. The molecule has 1 aliphatic heterocycles. The summed E-state index contributed by atoms with van der Waals surface area (Å²) in [7, 11) is 1.68. The van der Waals surface area contributed by atoms with Gasteiger partial charge in [0.2, 0.25) is 5.91 Å². The predicted octanol–water partition coefficient (Wildman–Crippen LogP) is 1.02. The monoisotopic (exact) mass is 276 g/mol. The van der Waals surface area contributed by atoms with Crippen LogP contribution in [0.25, 0.3) is 0 Å². The number of hydrazine groups is 1. The number of carbonyl (C=O) groups is 3. The third-order valence-electron chi connectivity index (χ3n) is 3.13. The number of amides is 1. The lowest BCUT2D eigenvalue weighted by atomic mass is 10.1. The number of esters is 1. The molecule has 20 heavy (non-hydrogen) atoms. The van der Waals surface area contributed by atoms with Crippen molar-refractivity contribution in [3.05, 3.63) is 29.8 Å². The van der Waals surface area contributed by atoms with Crippen molar-refractivity contribution in [1.82, 2.24) is 5.01 Å². The van der Waals surface area contributed by atoms with E-state index in [9.17, 15) is 14.4 Å². The van der Waals surface area contributed by atoms with Crippen molar-refractivity contribution in [2.75, 3.05) is 25.2 Å². The minimum Gasteiger partial charge on any atom is -0.460 e. The second-order valence-corrected chi connectivity index (χ2v) is 4.39. The number of ketones is 1. The van der Waals surface area contributed by atoms with Gasteiger partial charge in [0.05, 0.1) is 12.3 Å². The van der Waals surface area contributed by atoms with Crippen molar-refractivity contribution < 1.29 is 19.1 Å². The first-order valence-electron chi connectivity index (χ1n) is 6.40. The summed E-state index contributed by atoms with van der Waals surface area (Å²) in [6.45, 7) is 2.37. The molecule has 6 heteroatoms. The highest BCUT2D eigenvalue weighted by atomic mass is 16.5. The van der Waals surface area contributed by atoms with Crippen LogP contribution in [0.2, 0.25) is 0 Å². The minimum atomic E-state index is -0.865. The fourth-order valence-corrected chi connectivity index (χ4v) is 2.07. The summed E-state index contributed by atoms with van der Waals surface area (Å²) in [4.78, 5) is 34.8. The Bertz CT molecular complexity index is 556. The van der Waals surface area contributed by atoms with Gasteiger partial charge in [-0.3, -0.25) is 19.6 Å². The van der Waals surface area contributed by atoms with Crippen LogP contribution >= 0.6 is 0 Å². The van der Waals surface area contributed by atoms with E-state index in [2.05, 4.69) is 0 Å². The van der Waals surface area contributed by atoms with Gasteiger partial charge < -0.3 is 4.74 Å². The van der Waals surface area contributed by atoms with Crippen LogP contribution in [-0.4, -0.2) is 42.9 Å². The average Bonchev–Trinajstić information content (AvgIpc) is 2.78. The van der Waals surface area contributed by atoms with E-state index < -0.39 is 11.8 Å². The SMILES string of the molecule is CCOC(=O)C(=O)c1cccc(N2CCC(=O)N2C)c1. The lowest BCUT2D eigenvalue weighted by Gasteiger charge is -2.26. The van der Waals surface area contributed by atoms with Crippen molar-refractivity contribution in [3.63, 3.8) is 0 Å². The molecule has 1 amide bonds. The van der Waals surface area contributed by atoms with Gasteiger partial charge in [0.15, 0.2) is 0 Å². The quantitative estimate of drug-likeness (QED) is 0.466. The second-order valence-electron chi connectivity index (χ2n) is 4.39. The zero-order valence-corrected chi connectivity index (χ0v) is 11.5. The molecule has 0 saturated carbocycles. The summed E-state index contributed by atoms with van der Waals surface area (Å²) >= 11 is 0. The Morgan fingerprint density at radius 2 is 2.10 bits per heavy atom. The lowest BCUT2D eigenvalue weighted by molar-refractivity contribution is -0.137. The summed E-state index contributed by atoms with van der Waals surface area (Å²) < 4.78 is 4.69. The third kappa shape index (κ3) is 2.64. The molecule has 6 nitrogen and oxygen atoms in total. The van der Waals surface area contributed by atoms with Gasteiger partial charge in [-0.1, -0.05) is 12.1 Å². The lowest BCUT2D eigenvalue weighted by Crippen LogP contribution is -2.35.